The molecule has 0 bridgehead atoms. The fourth-order valence-corrected chi connectivity index (χ4v) is 5.04. The van der Waals surface area contributed by atoms with E-state index in [1.807, 2.05) is 12.2 Å². The van der Waals surface area contributed by atoms with Crippen LogP contribution < -0.4 is 10.6 Å². The first kappa shape index (κ1) is 28.2. The number of thiazole rings is 1. The first-order valence-electron chi connectivity index (χ1n) is 12.7. The number of alkyl halides is 5. The maximum absolute atomic E-state index is 14.0. The summed E-state index contributed by atoms with van der Waals surface area (Å²) in [4.78, 5) is 35.8. The molecule has 3 heterocycles. The molecule has 2 N–H and O–H groups in total. The summed E-state index contributed by atoms with van der Waals surface area (Å²) in [5.74, 6) is -1.36. The summed E-state index contributed by atoms with van der Waals surface area (Å²) >= 11 is 0.796. The first-order valence-corrected chi connectivity index (χ1v) is 13.6. The number of carbonyl (C=O) groups excluding carboxylic acids is 2. The van der Waals surface area contributed by atoms with Crippen molar-refractivity contribution >= 4 is 29.0 Å². The molecule has 7 nitrogen and oxygen atoms in total. The van der Waals surface area contributed by atoms with E-state index in [4.69, 9.17) is 0 Å². The van der Waals surface area contributed by atoms with Gasteiger partial charge in [-0.1, -0.05) is 19.3 Å². The quantitative estimate of drug-likeness (QED) is 0.395. The second-order valence-corrected chi connectivity index (χ2v) is 10.8. The minimum absolute atomic E-state index is 0.00453. The second-order valence-electron chi connectivity index (χ2n) is 9.77. The molecule has 0 aromatic carbocycles. The maximum Gasteiger partial charge on any atom is 0.405 e. The molecule has 13 heteroatoms. The summed E-state index contributed by atoms with van der Waals surface area (Å²) in [6, 6.07) is 0.752. The Morgan fingerprint density at radius 3 is 2.37 bits per heavy atom. The number of carbonyl (C=O) groups is 2. The van der Waals surface area contributed by atoms with Crippen molar-refractivity contribution in [2.75, 3.05) is 18.4 Å². The number of rotatable bonds is 7. The number of nitrogens with one attached hydrogen (secondary N) is 2. The Bertz CT molecular complexity index is 1150. The van der Waals surface area contributed by atoms with Gasteiger partial charge in [-0.15, -0.1) is 11.3 Å². The molecule has 2 aliphatic carbocycles. The van der Waals surface area contributed by atoms with Crippen molar-refractivity contribution in [2.45, 2.75) is 83.0 Å². The predicted octanol–water partition coefficient (Wildman–Crippen LogP) is 6.19. The van der Waals surface area contributed by atoms with E-state index in [1.54, 1.807) is 4.90 Å². The van der Waals surface area contributed by atoms with Crippen molar-refractivity contribution in [3.05, 3.63) is 28.5 Å². The second kappa shape index (κ2) is 11.9. The van der Waals surface area contributed by atoms with Gasteiger partial charge in [0.05, 0.1) is 4.88 Å². The van der Waals surface area contributed by atoms with E-state index in [2.05, 4.69) is 15.3 Å². The highest BCUT2D eigenvalue weighted by atomic mass is 32.1. The Balaban J connectivity index is 0.00000105. The van der Waals surface area contributed by atoms with E-state index in [-0.39, 0.29) is 39.0 Å². The summed E-state index contributed by atoms with van der Waals surface area (Å²) in [6.07, 6.45) is 2.07. The number of pyridine rings is 1. The van der Waals surface area contributed by atoms with Gasteiger partial charge < -0.3 is 15.5 Å². The highest BCUT2D eigenvalue weighted by Gasteiger charge is 2.34. The molecule has 5 rings (SSSR count). The molecule has 2 amide bonds. The van der Waals surface area contributed by atoms with Gasteiger partial charge in [0.15, 0.2) is 5.01 Å². The molecule has 3 aliphatic rings. The Hall–Kier alpha value is -2.83. The molecule has 0 spiro atoms. The Kier molecular flexibility index (Phi) is 8.84. The number of hydrogen-bond acceptors (Lipinski definition) is 6. The molecule has 2 saturated carbocycles. The number of aromatic nitrogens is 2. The zero-order chi connectivity index (χ0) is 27.4. The van der Waals surface area contributed by atoms with Gasteiger partial charge in [0.1, 0.15) is 18.1 Å². The summed E-state index contributed by atoms with van der Waals surface area (Å²) in [5.41, 5.74) is -0.891. The predicted molar refractivity (Wildman–Crippen MR) is 134 cm³/mol. The van der Waals surface area contributed by atoms with Gasteiger partial charge in [0.2, 0.25) is 0 Å². The molecule has 38 heavy (non-hydrogen) atoms. The third kappa shape index (κ3) is 7.17. The van der Waals surface area contributed by atoms with Crippen LogP contribution in [-0.4, -0.2) is 58.0 Å². The Labute approximate surface area is 221 Å². The highest BCUT2D eigenvalue weighted by Crippen LogP contribution is 2.39. The minimum atomic E-state index is -4.56. The zero-order valence-corrected chi connectivity index (χ0v) is 21.7. The van der Waals surface area contributed by atoms with Crippen LogP contribution in [0.3, 0.4) is 0 Å². The minimum Gasteiger partial charge on any atom is -0.361 e. The van der Waals surface area contributed by atoms with Gasteiger partial charge in [-0.3, -0.25) is 9.59 Å². The molecule has 3 fully saturated rings. The van der Waals surface area contributed by atoms with Crippen molar-refractivity contribution in [2.24, 2.45) is 0 Å². The van der Waals surface area contributed by atoms with E-state index in [1.165, 1.54) is 19.3 Å². The maximum atomic E-state index is 14.0. The van der Waals surface area contributed by atoms with Crippen molar-refractivity contribution in [1.29, 1.82) is 0 Å². The van der Waals surface area contributed by atoms with Crippen LogP contribution in [-0.2, 0) is 0 Å². The summed E-state index contributed by atoms with van der Waals surface area (Å²) in [7, 11) is 0. The fourth-order valence-electron chi connectivity index (χ4n) is 4.04. The van der Waals surface area contributed by atoms with Crippen LogP contribution in [0.2, 0.25) is 0 Å². The fraction of sp³-hybridized carbons (Fsp3) is 0.600. The molecule has 1 aliphatic heterocycles. The lowest BCUT2D eigenvalue weighted by Crippen LogP contribution is -2.39. The van der Waals surface area contributed by atoms with Gasteiger partial charge in [0.25, 0.3) is 18.2 Å². The number of nitrogens with zero attached hydrogens (tertiary/aromatic N) is 3. The number of likely N-dealkylation sites (tertiary alicyclic amines) is 1. The monoisotopic (exact) mass is 559 g/mol. The Morgan fingerprint density at radius 1 is 1.13 bits per heavy atom. The first-order chi connectivity index (χ1) is 18.0. The van der Waals surface area contributed by atoms with Crippen molar-refractivity contribution in [3.63, 3.8) is 0 Å². The number of hydrogen-bond donors (Lipinski definition) is 2. The van der Waals surface area contributed by atoms with Gasteiger partial charge >= 0.3 is 6.18 Å². The van der Waals surface area contributed by atoms with E-state index in [0.29, 0.717) is 6.54 Å². The highest BCUT2D eigenvalue weighted by molar-refractivity contribution is 7.17. The van der Waals surface area contributed by atoms with Crippen LogP contribution in [0, 0.1) is 0 Å². The molecular weight excluding hydrogens is 529 g/mol. The van der Waals surface area contributed by atoms with Gasteiger partial charge in [-0.2, -0.15) is 13.2 Å². The molecule has 208 valence electrons. The van der Waals surface area contributed by atoms with E-state index >= 15 is 0 Å². The van der Waals surface area contributed by atoms with E-state index in [0.717, 1.165) is 55.7 Å². The molecule has 2 aromatic heterocycles. The molecule has 1 saturated heterocycles. The molecule has 0 radical (unpaired) electrons. The topological polar surface area (TPSA) is 87.2 Å². The third-order valence-corrected chi connectivity index (χ3v) is 7.60. The third-order valence-electron chi connectivity index (χ3n) is 6.52. The molecule has 2 aromatic rings. The van der Waals surface area contributed by atoms with E-state index < -0.39 is 36.5 Å². The van der Waals surface area contributed by atoms with Crippen LogP contribution in [0.1, 0.15) is 90.6 Å². The van der Waals surface area contributed by atoms with Crippen molar-refractivity contribution in [3.8, 4) is 10.4 Å². The van der Waals surface area contributed by atoms with Crippen LogP contribution in [0.25, 0.3) is 10.4 Å². The Morgan fingerprint density at radius 2 is 1.84 bits per heavy atom. The van der Waals surface area contributed by atoms with Crippen LogP contribution in [0.15, 0.2) is 12.3 Å². The number of anilines is 1. The molecule has 1 atom stereocenters. The summed E-state index contributed by atoms with van der Waals surface area (Å²) in [5, 5.41) is 4.77. The smallest absolute Gasteiger partial charge is 0.361 e. The summed E-state index contributed by atoms with van der Waals surface area (Å²) < 4.78 is 65.6. The lowest BCUT2D eigenvalue weighted by molar-refractivity contribution is -0.115. The lowest BCUT2D eigenvalue weighted by atomic mass is 9.93. The zero-order valence-electron chi connectivity index (χ0n) is 20.9. The number of amides is 2. The largest absolute Gasteiger partial charge is 0.405 e. The normalized spacial score (nSPS) is 19.0. The number of halogens is 5. The van der Waals surface area contributed by atoms with Crippen LogP contribution >= 0.6 is 11.3 Å². The van der Waals surface area contributed by atoms with Gasteiger partial charge in [-0.05, 0) is 45.1 Å². The summed E-state index contributed by atoms with van der Waals surface area (Å²) in [6.45, 7) is 0.903. The molecular formula is C25H30F5N5O2S. The van der Waals surface area contributed by atoms with Gasteiger partial charge in [0, 0.05) is 36.0 Å². The van der Waals surface area contributed by atoms with Crippen LogP contribution in [0.5, 0.6) is 0 Å². The average Bonchev–Trinajstić information content (AvgIpc) is 3.56. The lowest BCUT2D eigenvalue weighted by Gasteiger charge is -2.25. The van der Waals surface area contributed by atoms with Crippen molar-refractivity contribution in [1.82, 2.24) is 20.2 Å². The van der Waals surface area contributed by atoms with E-state index in [9.17, 15) is 31.5 Å². The SMILES string of the molecule is C1CC1.CC1CCCN1C(=O)c1nc(C(=O)NC2CCC2)sc1-c1cnc(NCC(F)(F)F)cc1C(F)F. The standard InChI is InChI=1S/C22H24F5N5O2S.C3H6/c1-11-4-3-7-32(11)21(34)16-17(35-20(31-16)19(33)30-12-5-2-6-12)14-9-28-15(8-13(14)18(23)24)29-10-22(25,26)27;1-2-3-1/h8-9,11-12,18H,2-7,10H2,1H3,(H,28,29)(H,30,33);1-3H2. The van der Waals surface area contributed by atoms with Crippen LogP contribution in [0.4, 0.5) is 27.8 Å². The van der Waals surface area contributed by atoms with Crippen molar-refractivity contribution < 1.29 is 31.5 Å². The molecule has 1 unspecified atom stereocenters. The average molecular weight is 560 g/mol. The van der Waals surface area contributed by atoms with Gasteiger partial charge in [-0.25, -0.2) is 18.7 Å².